The number of hydrogen-bond acceptors (Lipinski definition) is 2. The molecule has 0 aliphatic rings. The van der Waals surface area contributed by atoms with Crippen molar-refractivity contribution in [2.45, 2.75) is 32.7 Å². The Kier molecular flexibility index (Phi) is 8.00. The molecule has 1 N–H and O–H groups in total. The average molecular weight is 199 g/mol. The highest BCUT2D eigenvalue weighted by molar-refractivity contribution is 7.98. The molecule has 13 heavy (non-hydrogen) atoms. The van der Waals surface area contributed by atoms with E-state index in [4.69, 9.17) is 0 Å². The van der Waals surface area contributed by atoms with Crippen LogP contribution in [0.2, 0.25) is 0 Å². The van der Waals surface area contributed by atoms with Gasteiger partial charge in [0.05, 0.1) is 0 Å². The van der Waals surface area contributed by atoms with Gasteiger partial charge in [-0.25, -0.2) is 0 Å². The molecule has 0 heterocycles. The molecule has 0 fully saturated rings. The van der Waals surface area contributed by atoms with Gasteiger partial charge >= 0.3 is 0 Å². The second-order valence-electron chi connectivity index (χ2n) is 3.16. The summed E-state index contributed by atoms with van der Waals surface area (Å²) in [5, 5.41) is 3.36. The first kappa shape index (κ1) is 12.6. The van der Waals surface area contributed by atoms with Crippen molar-refractivity contribution in [3.63, 3.8) is 0 Å². The fourth-order valence-electron chi connectivity index (χ4n) is 1.01. The molecule has 0 radical (unpaired) electrons. The first-order valence-electron chi connectivity index (χ1n) is 4.77. The van der Waals surface area contributed by atoms with E-state index in [0.717, 1.165) is 12.8 Å². The molecule has 0 aromatic heterocycles. The van der Waals surface area contributed by atoms with Crippen LogP contribution in [0.1, 0.15) is 26.7 Å². The van der Waals surface area contributed by atoms with Crippen LogP contribution in [0.5, 0.6) is 0 Å². The molecule has 2 heteroatoms. The van der Waals surface area contributed by atoms with E-state index in [1.807, 2.05) is 18.0 Å². The highest BCUT2D eigenvalue weighted by Gasteiger charge is 2.05. The molecule has 0 aromatic carbocycles. The lowest BCUT2D eigenvalue weighted by atomic mass is 10.1. The Morgan fingerprint density at radius 1 is 1.62 bits per heavy atom. The van der Waals surface area contributed by atoms with Gasteiger partial charge in [0, 0.05) is 6.04 Å². The zero-order valence-electron chi connectivity index (χ0n) is 8.97. The molecule has 0 aliphatic heterocycles. The SMILES string of the molecule is C=C(C)[C@H](CCSC)N/C=C/CC. The molecule has 0 unspecified atom stereocenters. The molecule has 0 aliphatic carbocycles. The molecule has 0 bridgehead atoms. The summed E-state index contributed by atoms with van der Waals surface area (Å²) in [6, 6.07) is 0.440. The lowest BCUT2D eigenvalue weighted by molar-refractivity contribution is 0.649. The summed E-state index contributed by atoms with van der Waals surface area (Å²) >= 11 is 1.88. The van der Waals surface area contributed by atoms with Crippen LogP contribution in [0.25, 0.3) is 0 Å². The molecule has 0 saturated heterocycles. The van der Waals surface area contributed by atoms with Gasteiger partial charge in [0.2, 0.25) is 0 Å². The summed E-state index contributed by atoms with van der Waals surface area (Å²) in [6.07, 6.45) is 8.55. The van der Waals surface area contributed by atoms with E-state index in [-0.39, 0.29) is 0 Å². The summed E-state index contributed by atoms with van der Waals surface area (Å²) < 4.78 is 0. The van der Waals surface area contributed by atoms with Crippen molar-refractivity contribution in [3.8, 4) is 0 Å². The van der Waals surface area contributed by atoms with Gasteiger partial charge in [-0.3, -0.25) is 0 Å². The third-order valence-electron chi connectivity index (χ3n) is 1.86. The van der Waals surface area contributed by atoms with E-state index in [2.05, 4.69) is 38.1 Å². The molecule has 0 aromatic rings. The number of allylic oxidation sites excluding steroid dienone is 1. The Labute approximate surface area is 86.7 Å². The average Bonchev–Trinajstić information content (AvgIpc) is 2.10. The number of rotatable bonds is 7. The fraction of sp³-hybridized carbons (Fsp3) is 0.636. The Morgan fingerprint density at radius 3 is 2.77 bits per heavy atom. The first-order valence-corrected chi connectivity index (χ1v) is 6.17. The van der Waals surface area contributed by atoms with Crippen molar-refractivity contribution in [3.05, 3.63) is 24.4 Å². The van der Waals surface area contributed by atoms with Gasteiger partial charge < -0.3 is 5.32 Å². The molecule has 0 saturated carbocycles. The Hall–Kier alpha value is -0.370. The van der Waals surface area contributed by atoms with E-state index >= 15 is 0 Å². The molecular formula is C11H21NS. The van der Waals surface area contributed by atoms with E-state index in [1.54, 1.807) is 0 Å². The Bertz CT molecular complexity index is 163. The summed E-state index contributed by atoms with van der Waals surface area (Å²) in [5.41, 5.74) is 1.22. The summed E-state index contributed by atoms with van der Waals surface area (Å²) in [7, 11) is 0. The molecule has 0 amide bonds. The van der Waals surface area contributed by atoms with Crippen molar-refractivity contribution >= 4 is 11.8 Å². The van der Waals surface area contributed by atoms with Gasteiger partial charge in [-0.1, -0.05) is 25.2 Å². The summed E-state index contributed by atoms with van der Waals surface area (Å²) in [4.78, 5) is 0. The van der Waals surface area contributed by atoms with E-state index < -0.39 is 0 Å². The minimum atomic E-state index is 0.440. The number of hydrogen-bond donors (Lipinski definition) is 1. The van der Waals surface area contributed by atoms with Gasteiger partial charge in [-0.2, -0.15) is 11.8 Å². The quantitative estimate of drug-likeness (QED) is 0.632. The highest BCUT2D eigenvalue weighted by atomic mass is 32.2. The smallest absolute Gasteiger partial charge is 0.0470 e. The predicted octanol–water partition coefficient (Wildman–Crippen LogP) is 3.20. The maximum absolute atomic E-state index is 3.98. The monoisotopic (exact) mass is 199 g/mol. The Morgan fingerprint density at radius 2 is 2.31 bits per heavy atom. The molecule has 76 valence electrons. The third-order valence-corrected chi connectivity index (χ3v) is 2.50. The van der Waals surface area contributed by atoms with Crippen LogP contribution in [0, 0.1) is 0 Å². The molecule has 0 spiro atoms. The molecule has 1 nitrogen and oxygen atoms in total. The van der Waals surface area contributed by atoms with Crippen molar-refractivity contribution in [2.24, 2.45) is 0 Å². The van der Waals surface area contributed by atoms with E-state index in [0.29, 0.717) is 6.04 Å². The zero-order chi connectivity index (χ0) is 10.1. The largest absolute Gasteiger partial charge is 0.385 e. The number of nitrogens with one attached hydrogen (secondary N) is 1. The standard InChI is InChI=1S/C11H21NS/c1-5-6-8-12-11(10(2)3)7-9-13-4/h6,8,11-12H,2,5,7,9H2,1,3-4H3/b8-6+/t11-/m0/s1. The van der Waals surface area contributed by atoms with E-state index in [1.165, 1.54) is 11.3 Å². The minimum Gasteiger partial charge on any atom is -0.385 e. The highest BCUT2D eigenvalue weighted by Crippen LogP contribution is 2.07. The minimum absolute atomic E-state index is 0.440. The zero-order valence-corrected chi connectivity index (χ0v) is 9.79. The van der Waals surface area contributed by atoms with Crippen LogP contribution >= 0.6 is 11.8 Å². The Balaban J connectivity index is 3.80. The van der Waals surface area contributed by atoms with Crippen molar-refractivity contribution in [1.29, 1.82) is 0 Å². The second-order valence-corrected chi connectivity index (χ2v) is 4.14. The first-order chi connectivity index (χ1) is 6.22. The van der Waals surface area contributed by atoms with Gasteiger partial charge in [0.1, 0.15) is 0 Å². The maximum Gasteiger partial charge on any atom is 0.0470 e. The lowest BCUT2D eigenvalue weighted by Crippen LogP contribution is -2.25. The number of thioether (sulfide) groups is 1. The summed E-state index contributed by atoms with van der Waals surface area (Å²) in [6.45, 7) is 8.20. The third kappa shape index (κ3) is 6.76. The van der Waals surface area contributed by atoms with Crippen LogP contribution in [-0.4, -0.2) is 18.1 Å². The lowest BCUT2D eigenvalue weighted by Gasteiger charge is -2.16. The normalized spacial score (nSPS) is 13.2. The van der Waals surface area contributed by atoms with Crippen LogP contribution in [0.4, 0.5) is 0 Å². The summed E-state index contributed by atoms with van der Waals surface area (Å²) in [5.74, 6) is 1.19. The van der Waals surface area contributed by atoms with Gasteiger partial charge in [0.25, 0.3) is 0 Å². The maximum atomic E-state index is 3.98. The second kappa shape index (κ2) is 8.24. The van der Waals surface area contributed by atoms with Gasteiger partial charge in [0.15, 0.2) is 0 Å². The van der Waals surface area contributed by atoms with Crippen LogP contribution in [-0.2, 0) is 0 Å². The molecule has 1 atom stereocenters. The molecular weight excluding hydrogens is 178 g/mol. The van der Waals surface area contributed by atoms with Gasteiger partial charge in [-0.05, 0) is 38.0 Å². The molecule has 0 rings (SSSR count). The topological polar surface area (TPSA) is 12.0 Å². The van der Waals surface area contributed by atoms with Gasteiger partial charge in [-0.15, -0.1) is 0 Å². The van der Waals surface area contributed by atoms with Crippen molar-refractivity contribution < 1.29 is 0 Å². The predicted molar refractivity (Wildman–Crippen MR) is 64.2 cm³/mol. The van der Waals surface area contributed by atoms with Crippen LogP contribution < -0.4 is 5.32 Å². The van der Waals surface area contributed by atoms with Crippen molar-refractivity contribution in [1.82, 2.24) is 5.32 Å². The van der Waals surface area contributed by atoms with Crippen LogP contribution in [0.3, 0.4) is 0 Å². The van der Waals surface area contributed by atoms with Crippen LogP contribution in [0.15, 0.2) is 24.4 Å². The van der Waals surface area contributed by atoms with E-state index in [9.17, 15) is 0 Å². The van der Waals surface area contributed by atoms with Crippen molar-refractivity contribution in [2.75, 3.05) is 12.0 Å². The fourth-order valence-corrected chi connectivity index (χ4v) is 1.48.